The molecule has 3 nitrogen and oxygen atoms in total. The standard InChI is InChI=1S/C17H28N2O/c1-5-14-6-8-15(9-7-14)17(12(2)3)19-16(20)10-13(4)11-18/h6-9,12-13,17H,5,10-11,18H2,1-4H3,(H,19,20). The summed E-state index contributed by atoms with van der Waals surface area (Å²) in [5.74, 6) is 0.672. The van der Waals surface area contributed by atoms with Gasteiger partial charge in [-0.2, -0.15) is 0 Å². The summed E-state index contributed by atoms with van der Waals surface area (Å²) < 4.78 is 0. The van der Waals surface area contributed by atoms with Crippen LogP contribution in [0.5, 0.6) is 0 Å². The van der Waals surface area contributed by atoms with Gasteiger partial charge in [0, 0.05) is 6.42 Å². The van der Waals surface area contributed by atoms with E-state index >= 15 is 0 Å². The van der Waals surface area contributed by atoms with Crippen molar-refractivity contribution in [3.63, 3.8) is 0 Å². The second-order valence-electron chi connectivity index (χ2n) is 5.93. The average molecular weight is 276 g/mol. The third kappa shape index (κ3) is 4.97. The largest absolute Gasteiger partial charge is 0.349 e. The summed E-state index contributed by atoms with van der Waals surface area (Å²) in [7, 11) is 0. The third-order valence-corrected chi connectivity index (χ3v) is 3.67. The number of nitrogens with two attached hydrogens (primary N) is 1. The number of hydrogen-bond donors (Lipinski definition) is 2. The topological polar surface area (TPSA) is 55.1 Å². The SMILES string of the molecule is CCc1ccc(C(NC(=O)CC(C)CN)C(C)C)cc1. The van der Waals surface area contributed by atoms with E-state index in [1.54, 1.807) is 0 Å². The first-order chi connectivity index (χ1) is 9.47. The van der Waals surface area contributed by atoms with Gasteiger partial charge in [0.25, 0.3) is 0 Å². The monoisotopic (exact) mass is 276 g/mol. The molecule has 0 aliphatic heterocycles. The predicted molar refractivity (Wildman–Crippen MR) is 84.4 cm³/mol. The van der Waals surface area contributed by atoms with E-state index in [0.29, 0.717) is 18.9 Å². The van der Waals surface area contributed by atoms with Crippen molar-refractivity contribution in [3.05, 3.63) is 35.4 Å². The van der Waals surface area contributed by atoms with Gasteiger partial charge in [0.15, 0.2) is 0 Å². The molecule has 20 heavy (non-hydrogen) atoms. The van der Waals surface area contributed by atoms with Crippen molar-refractivity contribution < 1.29 is 4.79 Å². The molecule has 0 aliphatic carbocycles. The van der Waals surface area contributed by atoms with Crippen LogP contribution in [0.2, 0.25) is 0 Å². The number of aryl methyl sites for hydroxylation is 1. The van der Waals surface area contributed by atoms with Crippen molar-refractivity contribution >= 4 is 5.91 Å². The Morgan fingerprint density at radius 1 is 1.20 bits per heavy atom. The normalized spacial score (nSPS) is 14.1. The highest BCUT2D eigenvalue weighted by Crippen LogP contribution is 2.22. The quantitative estimate of drug-likeness (QED) is 0.804. The van der Waals surface area contributed by atoms with Crippen LogP contribution in [-0.4, -0.2) is 12.5 Å². The van der Waals surface area contributed by atoms with Crippen LogP contribution >= 0.6 is 0 Å². The molecule has 0 spiro atoms. The molecular weight excluding hydrogens is 248 g/mol. The van der Waals surface area contributed by atoms with Gasteiger partial charge in [-0.3, -0.25) is 4.79 Å². The van der Waals surface area contributed by atoms with Crippen LogP contribution in [0, 0.1) is 11.8 Å². The lowest BCUT2D eigenvalue weighted by Crippen LogP contribution is -2.33. The average Bonchev–Trinajstić information content (AvgIpc) is 2.44. The smallest absolute Gasteiger partial charge is 0.220 e. The molecule has 0 bridgehead atoms. The van der Waals surface area contributed by atoms with Gasteiger partial charge < -0.3 is 11.1 Å². The van der Waals surface area contributed by atoms with E-state index in [1.165, 1.54) is 11.1 Å². The molecule has 0 saturated heterocycles. The maximum absolute atomic E-state index is 12.1. The maximum Gasteiger partial charge on any atom is 0.220 e. The van der Waals surface area contributed by atoms with Gasteiger partial charge in [-0.15, -0.1) is 0 Å². The fourth-order valence-corrected chi connectivity index (χ4v) is 2.23. The molecule has 0 saturated carbocycles. The molecule has 0 radical (unpaired) electrons. The Labute approximate surface area is 122 Å². The van der Waals surface area contributed by atoms with Crippen LogP contribution in [0.3, 0.4) is 0 Å². The Bertz CT molecular complexity index is 412. The second-order valence-corrected chi connectivity index (χ2v) is 5.93. The molecule has 2 atom stereocenters. The lowest BCUT2D eigenvalue weighted by molar-refractivity contribution is -0.122. The zero-order valence-electron chi connectivity index (χ0n) is 13.1. The Hall–Kier alpha value is -1.35. The van der Waals surface area contributed by atoms with Crippen molar-refractivity contribution in [2.45, 2.75) is 46.6 Å². The molecule has 0 heterocycles. The fourth-order valence-electron chi connectivity index (χ4n) is 2.23. The van der Waals surface area contributed by atoms with Gasteiger partial charge in [0.2, 0.25) is 5.91 Å². The highest BCUT2D eigenvalue weighted by molar-refractivity contribution is 5.76. The van der Waals surface area contributed by atoms with E-state index < -0.39 is 0 Å². The summed E-state index contributed by atoms with van der Waals surface area (Å²) in [4.78, 5) is 12.1. The summed E-state index contributed by atoms with van der Waals surface area (Å²) in [6.45, 7) is 8.95. The first-order valence-electron chi connectivity index (χ1n) is 7.56. The van der Waals surface area contributed by atoms with E-state index in [2.05, 4.69) is 50.4 Å². The minimum absolute atomic E-state index is 0.0679. The summed E-state index contributed by atoms with van der Waals surface area (Å²) >= 11 is 0. The highest BCUT2D eigenvalue weighted by Gasteiger charge is 2.19. The molecule has 0 aliphatic rings. The van der Waals surface area contributed by atoms with Gasteiger partial charge in [-0.25, -0.2) is 0 Å². The first kappa shape index (κ1) is 16.7. The number of carbonyl (C=O) groups excluding carboxylic acids is 1. The summed E-state index contributed by atoms with van der Waals surface area (Å²) in [5, 5.41) is 3.14. The molecule has 1 amide bonds. The van der Waals surface area contributed by atoms with Crippen molar-refractivity contribution in [3.8, 4) is 0 Å². The Morgan fingerprint density at radius 3 is 2.25 bits per heavy atom. The van der Waals surface area contributed by atoms with Gasteiger partial charge >= 0.3 is 0 Å². The zero-order valence-corrected chi connectivity index (χ0v) is 13.1. The molecule has 1 rings (SSSR count). The lowest BCUT2D eigenvalue weighted by atomic mass is 9.94. The zero-order chi connectivity index (χ0) is 15.1. The molecule has 0 fully saturated rings. The third-order valence-electron chi connectivity index (χ3n) is 3.67. The van der Waals surface area contributed by atoms with E-state index in [4.69, 9.17) is 5.73 Å². The maximum atomic E-state index is 12.1. The molecule has 3 heteroatoms. The molecule has 0 aromatic heterocycles. The van der Waals surface area contributed by atoms with Crippen molar-refractivity contribution in [2.75, 3.05) is 6.54 Å². The fraction of sp³-hybridized carbons (Fsp3) is 0.588. The number of carbonyl (C=O) groups is 1. The molecule has 1 aromatic rings. The van der Waals surface area contributed by atoms with E-state index in [-0.39, 0.29) is 17.9 Å². The Morgan fingerprint density at radius 2 is 1.80 bits per heavy atom. The van der Waals surface area contributed by atoms with Crippen molar-refractivity contribution in [2.24, 2.45) is 17.6 Å². The van der Waals surface area contributed by atoms with E-state index in [0.717, 1.165) is 6.42 Å². The van der Waals surface area contributed by atoms with Crippen LogP contribution in [0.4, 0.5) is 0 Å². The molecule has 1 aromatic carbocycles. The van der Waals surface area contributed by atoms with Gasteiger partial charge in [-0.1, -0.05) is 52.0 Å². The molecule has 3 N–H and O–H groups in total. The molecule has 2 unspecified atom stereocenters. The van der Waals surface area contributed by atoms with Crippen molar-refractivity contribution in [1.29, 1.82) is 0 Å². The van der Waals surface area contributed by atoms with Gasteiger partial charge in [0.05, 0.1) is 6.04 Å². The Kier molecular flexibility index (Phi) is 6.73. The van der Waals surface area contributed by atoms with Crippen LogP contribution in [0.15, 0.2) is 24.3 Å². The number of benzene rings is 1. The first-order valence-corrected chi connectivity index (χ1v) is 7.56. The van der Waals surface area contributed by atoms with Crippen LogP contribution in [0.25, 0.3) is 0 Å². The van der Waals surface area contributed by atoms with Crippen LogP contribution < -0.4 is 11.1 Å². The minimum Gasteiger partial charge on any atom is -0.349 e. The van der Waals surface area contributed by atoms with Gasteiger partial charge in [-0.05, 0) is 35.9 Å². The van der Waals surface area contributed by atoms with Gasteiger partial charge in [0.1, 0.15) is 0 Å². The van der Waals surface area contributed by atoms with E-state index in [9.17, 15) is 4.79 Å². The van der Waals surface area contributed by atoms with Crippen LogP contribution in [0.1, 0.15) is 51.3 Å². The summed E-state index contributed by atoms with van der Waals surface area (Å²) in [6.07, 6.45) is 1.53. The highest BCUT2D eigenvalue weighted by atomic mass is 16.1. The number of rotatable bonds is 7. The minimum atomic E-state index is 0.0679. The van der Waals surface area contributed by atoms with Crippen LogP contribution in [-0.2, 0) is 11.2 Å². The predicted octanol–water partition coefficient (Wildman–Crippen LogP) is 3.05. The second kappa shape index (κ2) is 8.05. The Balaban J connectivity index is 2.75. The lowest BCUT2D eigenvalue weighted by Gasteiger charge is -2.24. The summed E-state index contributed by atoms with van der Waals surface area (Å²) in [5.41, 5.74) is 8.07. The number of nitrogens with one attached hydrogen (secondary N) is 1. The molecule has 112 valence electrons. The number of amides is 1. The van der Waals surface area contributed by atoms with Crippen molar-refractivity contribution in [1.82, 2.24) is 5.32 Å². The molecular formula is C17H28N2O. The van der Waals surface area contributed by atoms with E-state index in [1.807, 2.05) is 6.92 Å². The number of hydrogen-bond acceptors (Lipinski definition) is 2. The summed E-state index contributed by atoms with van der Waals surface area (Å²) in [6, 6.07) is 8.59.